The second-order valence-electron chi connectivity index (χ2n) is 5.76. The van der Waals surface area contributed by atoms with Crippen molar-refractivity contribution in [3.63, 3.8) is 0 Å². The van der Waals surface area contributed by atoms with Crippen molar-refractivity contribution in [3.8, 4) is 11.3 Å². The van der Waals surface area contributed by atoms with Gasteiger partial charge in [-0.15, -0.1) is 11.3 Å². The third-order valence-corrected chi connectivity index (χ3v) is 4.78. The number of fused-ring (bicyclic) bond motifs is 1. The van der Waals surface area contributed by atoms with Gasteiger partial charge in [0.25, 0.3) is 5.91 Å². The van der Waals surface area contributed by atoms with E-state index in [-0.39, 0.29) is 11.9 Å². The second kappa shape index (κ2) is 6.51. The topological polar surface area (TPSA) is 46.4 Å². The van der Waals surface area contributed by atoms with Gasteiger partial charge in [0.15, 0.2) is 4.96 Å². The summed E-state index contributed by atoms with van der Waals surface area (Å²) < 4.78 is 39.6. The number of benzene rings is 1. The standard InChI is InChI=1S/C17H16F3N3OS/c1-3-10(2)21-15(24)14-9-25-16-22-13(8-23(14)16)11-4-6-12(7-5-11)17(18,19)20/h4-10H,3H2,1-2H3,(H,21,24)/t10-/m0/s1. The molecule has 132 valence electrons. The highest BCUT2D eigenvalue weighted by Crippen LogP contribution is 2.31. The van der Waals surface area contributed by atoms with E-state index in [1.54, 1.807) is 16.0 Å². The maximum absolute atomic E-state index is 12.7. The van der Waals surface area contributed by atoms with Crippen molar-refractivity contribution in [2.75, 3.05) is 0 Å². The van der Waals surface area contributed by atoms with E-state index in [1.807, 2.05) is 13.8 Å². The minimum absolute atomic E-state index is 0.0559. The first kappa shape index (κ1) is 17.5. The Morgan fingerprint density at radius 2 is 2.00 bits per heavy atom. The fourth-order valence-electron chi connectivity index (χ4n) is 2.32. The summed E-state index contributed by atoms with van der Waals surface area (Å²) in [5, 5.41) is 4.61. The van der Waals surface area contributed by atoms with Crippen LogP contribution in [0.3, 0.4) is 0 Å². The van der Waals surface area contributed by atoms with Crippen molar-refractivity contribution in [1.29, 1.82) is 0 Å². The number of aromatic nitrogens is 2. The Morgan fingerprint density at radius 3 is 2.60 bits per heavy atom. The van der Waals surface area contributed by atoms with Crippen molar-refractivity contribution in [1.82, 2.24) is 14.7 Å². The molecule has 0 spiro atoms. The number of alkyl halides is 3. The molecule has 3 rings (SSSR count). The first-order chi connectivity index (χ1) is 11.8. The number of carbonyl (C=O) groups is 1. The number of hydrogen-bond donors (Lipinski definition) is 1. The van der Waals surface area contributed by atoms with Crippen LogP contribution in [0.15, 0.2) is 35.8 Å². The number of hydrogen-bond acceptors (Lipinski definition) is 3. The van der Waals surface area contributed by atoms with Crippen LogP contribution in [-0.4, -0.2) is 21.3 Å². The largest absolute Gasteiger partial charge is 0.416 e. The number of imidazole rings is 1. The molecule has 2 aromatic heterocycles. The number of rotatable bonds is 4. The molecule has 2 heterocycles. The van der Waals surface area contributed by atoms with E-state index >= 15 is 0 Å². The predicted molar refractivity (Wildman–Crippen MR) is 90.7 cm³/mol. The van der Waals surface area contributed by atoms with Crippen molar-refractivity contribution in [2.24, 2.45) is 0 Å². The van der Waals surface area contributed by atoms with E-state index in [4.69, 9.17) is 0 Å². The molecule has 1 amide bonds. The molecular formula is C17H16F3N3OS. The van der Waals surface area contributed by atoms with Crippen molar-refractivity contribution >= 4 is 22.2 Å². The normalized spacial score (nSPS) is 13.2. The van der Waals surface area contributed by atoms with Crippen LogP contribution in [0.2, 0.25) is 0 Å². The first-order valence-electron chi connectivity index (χ1n) is 7.74. The minimum Gasteiger partial charge on any atom is -0.348 e. The molecule has 0 aliphatic rings. The van der Waals surface area contributed by atoms with Crippen molar-refractivity contribution in [3.05, 3.63) is 47.1 Å². The van der Waals surface area contributed by atoms with Gasteiger partial charge in [0.05, 0.1) is 11.3 Å². The third kappa shape index (κ3) is 3.53. The fourth-order valence-corrected chi connectivity index (χ4v) is 3.17. The van der Waals surface area contributed by atoms with Gasteiger partial charge < -0.3 is 5.32 Å². The molecule has 3 aromatic rings. The Bertz CT molecular complexity index is 896. The lowest BCUT2D eigenvalue weighted by molar-refractivity contribution is -0.137. The van der Waals surface area contributed by atoms with Gasteiger partial charge in [-0.25, -0.2) is 4.98 Å². The molecule has 0 fully saturated rings. The van der Waals surface area contributed by atoms with Crippen LogP contribution in [0.4, 0.5) is 13.2 Å². The molecule has 1 aromatic carbocycles. The van der Waals surface area contributed by atoms with Crippen LogP contribution in [0.1, 0.15) is 36.3 Å². The molecule has 0 unspecified atom stereocenters. The number of halogens is 3. The van der Waals surface area contributed by atoms with Crippen LogP contribution in [-0.2, 0) is 6.18 Å². The Labute approximate surface area is 146 Å². The highest BCUT2D eigenvalue weighted by Gasteiger charge is 2.30. The van der Waals surface area contributed by atoms with Crippen LogP contribution in [0, 0.1) is 0 Å². The minimum atomic E-state index is -4.37. The van der Waals surface area contributed by atoms with E-state index in [0.29, 0.717) is 21.9 Å². The smallest absolute Gasteiger partial charge is 0.348 e. The summed E-state index contributed by atoms with van der Waals surface area (Å²) in [7, 11) is 0. The van der Waals surface area contributed by atoms with Gasteiger partial charge >= 0.3 is 6.18 Å². The number of amides is 1. The van der Waals surface area contributed by atoms with Gasteiger partial charge in [-0.3, -0.25) is 9.20 Å². The average molecular weight is 367 g/mol. The third-order valence-electron chi connectivity index (χ3n) is 3.94. The molecule has 4 nitrogen and oxygen atoms in total. The van der Waals surface area contributed by atoms with Gasteiger partial charge in [0.1, 0.15) is 5.69 Å². The summed E-state index contributed by atoms with van der Waals surface area (Å²) in [6, 6.07) is 4.88. The number of carbonyl (C=O) groups excluding carboxylic acids is 1. The summed E-state index contributed by atoms with van der Waals surface area (Å²) in [6.07, 6.45) is -1.88. The van der Waals surface area contributed by atoms with Crippen molar-refractivity contribution in [2.45, 2.75) is 32.5 Å². The lowest BCUT2D eigenvalue weighted by atomic mass is 10.1. The molecule has 0 bridgehead atoms. The number of thiazole rings is 1. The fraction of sp³-hybridized carbons (Fsp3) is 0.294. The molecule has 8 heteroatoms. The molecule has 0 saturated carbocycles. The molecule has 1 N–H and O–H groups in total. The van der Waals surface area contributed by atoms with E-state index in [1.165, 1.54) is 23.5 Å². The van der Waals surface area contributed by atoms with Gasteiger partial charge in [-0.05, 0) is 25.5 Å². The van der Waals surface area contributed by atoms with Crippen LogP contribution < -0.4 is 5.32 Å². The van der Waals surface area contributed by atoms with Crippen molar-refractivity contribution < 1.29 is 18.0 Å². The Kier molecular flexibility index (Phi) is 4.55. The molecule has 0 radical (unpaired) electrons. The zero-order valence-electron chi connectivity index (χ0n) is 13.6. The predicted octanol–water partition coefficient (Wildman–Crippen LogP) is 4.61. The molecular weight excluding hydrogens is 351 g/mol. The highest BCUT2D eigenvalue weighted by atomic mass is 32.1. The van der Waals surface area contributed by atoms with E-state index < -0.39 is 11.7 Å². The zero-order valence-corrected chi connectivity index (χ0v) is 14.4. The van der Waals surface area contributed by atoms with E-state index in [2.05, 4.69) is 10.3 Å². The van der Waals surface area contributed by atoms with Gasteiger partial charge in [0.2, 0.25) is 0 Å². The maximum atomic E-state index is 12.7. The van der Waals surface area contributed by atoms with E-state index in [0.717, 1.165) is 18.6 Å². The van der Waals surface area contributed by atoms with Crippen LogP contribution >= 0.6 is 11.3 Å². The molecule has 0 aliphatic heterocycles. The molecule has 25 heavy (non-hydrogen) atoms. The molecule has 0 saturated heterocycles. The quantitative estimate of drug-likeness (QED) is 0.732. The highest BCUT2D eigenvalue weighted by molar-refractivity contribution is 7.15. The summed E-state index contributed by atoms with van der Waals surface area (Å²) in [5.74, 6) is -0.197. The molecule has 0 aliphatic carbocycles. The lowest BCUT2D eigenvalue weighted by Gasteiger charge is -2.10. The summed E-state index contributed by atoms with van der Waals surface area (Å²) >= 11 is 1.31. The van der Waals surface area contributed by atoms with Gasteiger partial charge in [0, 0.05) is 23.2 Å². The average Bonchev–Trinajstić information content (AvgIpc) is 3.14. The molecule has 1 atom stereocenters. The lowest BCUT2D eigenvalue weighted by Crippen LogP contribution is -2.32. The second-order valence-corrected chi connectivity index (χ2v) is 6.59. The summed E-state index contributed by atoms with van der Waals surface area (Å²) in [4.78, 5) is 17.3. The summed E-state index contributed by atoms with van der Waals surface area (Å²) in [5.41, 5.74) is 0.854. The number of nitrogens with one attached hydrogen (secondary N) is 1. The van der Waals surface area contributed by atoms with Gasteiger partial charge in [-0.2, -0.15) is 13.2 Å². The van der Waals surface area contributed by atoms with Crippen LogP contribution in [0.5, 0.6) is 0 Å². The Hall–Kier alpha value is -2.35. The van der Waals surface area contributed by atoms with Gasteiger partial charge in [-0.1, -0.05) is 19.1 Å². The summed E-state index contributed by atoms with van der Waals surface area (Å²) in [6.45, 7) is 3.90. The Morgan fingerprint density at radius 1 is 1.32 bits per heavy atom. The maximum Gasteiger partial charge on any atom is 0.416 e. The van der Waals surface area contributed by atoms with E-state index in [9.17, 15) is 18.0 Å². The Balaban J connectivity index is 1.91. The monoisotopic (exact) mass is 367 g/mol. The number of nitrogens with zero attached hydrogens (tertiary/aromatic N) is 2. The first-order valence-corrected chi connectivity index (χ1v) is 8.62. The van der Waals surface area contributed by atoms with Crippen LogP contribution in [0.25, 0.3) is 16.2 Å². The zero-order chi connectivity index (χ0) is 18.2. The SMILES string of the molecule is CC[C@H](C)NC(=O)c1csc2nc(-c3ccc(C(F)(F)F)cc3)cn12.